The fraction of sp³-hybridized carbons (Fsp3) is 0.118. The van der Waals surface area contributed by atoms with Crippen molar-refractivity contribution in [1.82, 2.24) is 9.38 Å². The summed E-state index contributed by atoms with van der Waals surface area (Å²) < 4.78 is 1.43. The van der Waals surface area contributed by atoms with Gasteiger partial charge in [0.25, 0.3) is 5.56 Å². The zero-order chi connectivity index (χ0) is 15.0. The van der Waals surface area contributed by atoms with E-state index in [-0.39, 0.29) is 16.9 Å². The molecule has 0 fully saturated rings. The van der Waals surface area contributed by atoms with E-state index in [1.807, 2.05) is 19.1 Å². The number of benzene rings is 1. The molecule has 0 amide bonds. The Morgan fingerprint density at radius 2 is 1.76 bits per heavy atom. The molecule has 0 aliphatic carbocycles. The molecule has 0 saturated carbocycles. The van der Waals surface area contributed by atoms with Crippen molar-refractivity contribution in [1.29, 1.82) is 0 Å². The van der Waals surface area contributed by atoms with Gasteiger partial charge in [0.2, 0.25) is 0 Å². The number of pyridine rings is 1. The maximum Gasteiger partial charge on any atom is 0.269 e. The zero-order valence-corrected chi connectivity index (χ0v) is 11.8. The lowest BCUT2D eigenvalue weighted by atomic mass is 10.0. The van der Waals surface area contributed by atoms with E-state index in [1.54, 1.807) is 43.5 Å². The van der Waals surface area contributed by atoms with Crippen LogP contribution in [0, 0.1) is 13.8 Å². The van der Waals surface area contributed by atoms with Gasteiger partial charge in [0.1, 0.15) is 11.2 Å². The van der Waals surface area contributed by atoms with Crippen LogP contribution in [0.4, 0.5) is 0 Å². The Morgan fingerprint density at radius 3 is 2.48 bits per heavy atom. The number of hydrogen-bond acceptors (Lipinski definition) is 3. The van der Waals surface area contributed by atoms with Crippen molar-refractivity contribution in [3.05, 3.63) is 81.4 Å². The van der Waals surface area contributed by atoms with E-state index in [2.05, 4.69) is 4.98 Å². The number of aryl methyl sites for hydroxylation is 2. The van der Waals surface area contributed by atoms with Crippen molar-refractivity contribution in [2.24, 2.45) is 0 Å². The summed E-state index contributed by atoms with van der Waals surface area (Å²) in [5.74, 6) is -0.290. The molecule has 4 heteroatoms. The number of ketones is 1. The number of aromatic nitrogens is 2. The first-order valence-corrected chi connectivity index (χ1v) is 6.68. The smallest absolute Gasteiger partial charge is 0.269 e. The summed E-state index contributed by atoms with van der Waals surface area (Å²) in [5, 5.41) is 0. The minimum Gasteiger partial charge on any atom is -0.288 e. The van der Waals surface area contributed by atoms with Crippen LogP contribution in [-0.2, 0) is 0 Å². The quantitative estimate of drug-likeness (QED) is 0.677. The van der Waals surface area contributed by atoms with Crippen molar-refractivity contribution in [2.75, 3.05) is 0 Å². The zero-order valence-electron chi connectivity index (χ0n) is 11.8. The Balaban J connectivity index is 2.30. The second-order valence-corrected chi connectivity index (χ2v) is 4.96. The number of carbonyl (C=O) groups is 1. The lowest BCUT2D eigenvalue weighted by molar-refractivity contribution is 0.103. The monoisotopic (exact) mass is 278 g/mol. The Hall–Kier alpha value is -2.75. The summed E-state index contributed by atoms with van der Waals surface area (Å²) in [5.41, 5.74) is 2.25. The average molecular weight is 278 g/mol. The molecule has 3 rings (SSSR count). The third-order valence-electron chi connectivity index (χ3n) is 3.49. The summed E-state index contributed by atoms with van der Waals surface area (Å²) >= 11 is 0. The Bertz CT molecular complexity index is 896. The van der Waals surface area contributed by atoms with Gasteiger partial charge in [0.15, 0.2) is 5.78 Å². The largest absolute Gasteiger partial charge is 0.288 e. The molecule has 3 aromatic rings. The molecule has 2 heterocycles. The molecule has 4 nitrogen and oxygen atoms in total. The third-order valence-corrected chi connectivity index (χ3v) is 3.49. The first-order valence-electron chi connectivity index (χ1n) is 6.68. The van der Waals surface area contributed by atoms with E-state index < -0.39 is 0 Å². The molecule has 0 aliphatic heterocycles. The van der Waals surface area contributed by atoms with Crippen LogP contribution in [0.5, 0.6) is 0 Å². The van der Waals surface area contributed by atoms with Crippen LogP contribution >= 0.6 is 0 Å². The Morgan fingerprint density at radius 1 is 1.05 bits per heavy atom. The Kier molecular flexibility index (Phi) is 3.14. The van der Waals surface area contributed by atoms with Crippen LogP contribution in [0.3, 0.4) is 0 Å². The number of nitrogens with zero attached hydrogens (tertiary/aromatic N) is 2. The fourth-order valence-corrected chi connectivity index (χ4v) is 2.40. The molecule has 0 saturated heterocycles. The number of rotatable bonds is 2. The molecule has 21 heavy (non-hydrogen) atoms. The second-order valence-electron chi connectivity index (χ2n) is 4.96. The summed E-state index contributed by atoms with van der Waals surface area (Å²) in [7, 11) is 0. The van der Waals surface area contributed by atoms with Crippen LogP contribution < -0.4 is 5.56 Å². The molecule has 0 bridgehead atoms. The molecule has 0 N–H and O–H groups in total. The van der Waals surface area contributed by atoms with Gasteiger partial charge in [0.05, 0.1) is 5.69 Å². The SMILES string of the molecule is Cc1nc2c(C)cccn2c(=O)c1C(=O)c1ccccc1. The van der Waals surface area contributed by atoms with Gasteiger partial charge in [-0.25, -0.2) is 4.98 Å². The van der Waals surface area contributed by atoms with E-state index in [4.69, 9.17) is 0 Å². The number of fused-ring (bicyclic) bond motifs is 1. The fourth-order valence-electron chi connectivity index (χ4n) is 2.40. The van der Waals surface area contributed by atoms with Crippen LogP contribution in [0.15, 0.2) is 53.5 Å². The summed E-state index contributed by atoms with van der Waals surface area (Å²) in [6, 6.07) is 12.5. The highest BCUT2D eigenvalue weighted by Gasteiger charge is 2.19. The van der Waals surface area contributed by atoms with Crippen LogP contribution in [0.25, 0.3) is 5.65 Å². The lowest BCUT2D eigenvalue weighted by Gasteiger charge is -2.08. The lowest BCUT2D eigenvalue weighted by Crippen LogP contribution is -2.25. The normalized spacial score (nSPS) is 10.8. The maximum absolute atomic E-state index is 12.6. The van der Waals surface area contributed by atoms with Gasteiger partial charge < -0.3 is 0 Å². The van der Waals surface area contributed by atoms with Gasteiger partial charge in [-0.2, -0.15) is 0 Å². The summed E-state index contributed by atoms with van der Waals surface area (Å²) in [4.78, 5) is 29.6. The highest BCUT2D eigenvalue weighted by atomic mass is 16.1. The van der Waals surface area contributed by atoms with Crippen molar-refractivity contribution < 1.29 is 4.79 Å². The number of hydrogen-bond donors (Lipinski definition) is 0. The van der Waals surface area contributed by atoms with Crippen molar-refractivity contribution in [3.63, 3.8) is 0 Å². The first-order chi connectivity index (χ1) is 10.1. The molecule has 0 aliphatic rings. The predicted molar refractivity (Wildman–Crippen MR) is 80.8 cm³/mol. The van der Waals surface area contributed by atoms with Gasteiger partial charge in [-0.05, 0) is 25.5 Å². The minimum absolute atomic E-state index is 0.129. The van der Waals surface area contributed by atoms with Crippen LogP contribution in [0.2, 0.25) is 0 Å². The van der Waals surface area contributed by atoms with Gasteiger partial charge in [-0.3, -0.25) is 14.0 Å². The number of carbonyl (C=O) groups excluding carboxylic acids is 1. The first kappa shape index (κ1) is 13.2. The van der Waals surface area contributed by atoms with Gasteiger partial charge in [-0.15, -0.1) is 0 Å². The molecule has 0 unspecified atom stereocenters. The van der Waals surface area contributed by atoms with Gasteiger partial charge >= 0.3 is 0 Å². The molecule has 1 aromatic carbocycles. The van der Waals surface area contributed by atoms with Crippen molar-refractivity contribution in [2.45, 2.75) is 13.8 Å². The van der Waals surface area contributed by atoms with E-state index in [1.165, 1.54) is 4.40 Å². The standard InChI is InChI=1S/C17H14N2O2/c1-11-7-6-10-19-16(11)18-12(2)14(17(19)21)15(20)13-8-4-3-5-9-13/h3-10H,1-2H3. The van der Waals surface area contributed by atoms with Crippen LogP contribution in [-0.4, -0.2) is 15.2 Å². The van der Waals surface area contributed by atoms with Gasteiger partial charge in [-0.1, -0.05) is 36.4 Å². The minimum atomic E-state index is -0.324. The maximum atomic E-state index is 12.6. The molecule has 0 radical (unpaired) electrons. The van der Waals surface area contributed by atoms with E-state index in [0.717, 1.165) is 5.56 Å². The van der Waals surface area contributed by atoms with Crippen LogP contribution in [0.1, 0.15) is 27.2 Å². The Labute approximate surface area is 121 Å². The second kappa shape index (κ2) is 4.98. The predicted octanol–water partition coefficient (Wildman–Crippen LogP) is 2.54. The molecule has 0 spiro atoms. The molecule has 104 valence electrons. The van der Waals surface area contributed by atoms with E-state index in [9.17, 15) is 9.59 Å². The summed E-state index contributed by atoms with van der Waals surface area (Å²) in [6.45, 7) is 3.59. The topological polar surface area (TPSA) is 51.4 Å². The molecular formula is C17H14N2O2. The van der Waals surface area contributed by atoms with Crippen molar-refractivity contribution in [3.8, 4) is 0 Å². The van der Waals surface area contributed by atoms with Gasteiger partial charge in [0, 0.05) is 11.8 Å². The summed E-state index contributed by atoms with van der Waals surface area (Å²) in [6.07, 6.45) is 1.64. The third kappa shape index (κ3) is 2.14. The van der Waals surface area contributed by atoms with E-state index in [0.29, 0.717) is 16.9 Å². The molecule has 0 atom stereocenters. The highest BCUT2D eigenvalue weighted by molar-refractivity contribution is 6.09. The average Bonchev–Trinajstić information content (AvgIpc) is 2.49. The van der Waals surface area contributed by atoms with Crippen molar-refractivity contribution >= 4 is 11.4 Å². The molecular weight excluding hydrogens is 264 g/mol. The highest BCUT2D eigenvalue weighted by Crippen LogP contribution is 2.12. The molecule has 2 aromatic heterocycles. The van der Waals surface area contributed by atoms with E-state index >= 15 is 0 Å².